The smallest absolute Gasteiger partial charge is 0.408 e. The van der Waals surface area contributed by atoms with E-state index in [0.29, 0.717) is 23.2 Å². The molecule has 0 atom stereocenters. The molecule has 1 aromatic carbocycles. The van der Waals surface area contributed by atoms with Gasteiger partial charge in [0.15, 0.2) is 0 Å². The first-order valence-electron chi connectivity index (χ1n) is 8.31. The maximum atomic E-state index is 11.9. The number of hydrogen-bond acceptors (Lipinski definition) is 6. The molecule has 8 nitrogen and oxygen atoms in total. The molecule has 0 fully saturated rings. The van der Waals surface area contributed by atoms with Crippen molar-refractivity contribution in [3.05, 3.63) is 42.5 Å². The minimum atomic E-state index is -0.665. The molecule has 27 heavy (non-hydrogen) atoms. The van der Waals surface area contributed by atoms with Crippen LogP contribution in [0.25, 0.3) is 0 Å². The Morgan fingerprint density at radius 2 is 1.70 bits per heavy atom. The van der Waals surface area contributed by atoms with Gasteiger partial charge in [0, 0.05) is 6.07 Å². The van der Waals surface area contributed by atoms with Gasteiger partial charge in [0.05, 0.1) is 7.11 Å². The predicted molar refractivity (Wildman–Crippen MR) is 100 cm³/mol. The van der Waals surface area contributed by atoms with Crippen molar-refractivity contribution in [2.24, 2.45) is 0 Å². The first-order valence-corrected chi connectivity index (χ1v) is 8.31. The Kier molecular flexibility index (Phi) is 6.59. The molecule has 2 N–H and O–H groups in total. The maximum absolute atomic E-state index is 11.9. The van der Waals surface area contributed by atoms with E-state index < -0.39 is 17.6 Å². The van der Waals surface area contributed by atoms with Gasteiger partial charge >= 0.3 is 6.09 Å². The van der Waals surface area contributed by atoms with Crippen LogP contribution in [-0.4, -0.2) is 36.2 Å². The standard InChI is InChI=1S/C19H23N3O5/c1-19(2,3)27-18(24)20-12-16(23)21-15-6-5-7-17(22-15)26-14-10-8-13(25-4)9-11-14/h5-11H,12H2,1-4H3,(H,20,24)(H,21,22,23). The lowest BCUT2D eigenvalue weighted by Crippen LogP contribution is -2.37. The Bertz CT molecular complexity index is 785. The average molecular weight is 373 g/mol. The third-order valence-electron chi connectivity index (χ3n) is 3.07. The van der Waals surface area contributed by atoms with Crippen molar-refractivity contribution in [2.45, 2.75) is 26.4 Å². The molecule has 2 amide bonds. The van der Waals surface area contributed by atoms with Gasteiger partial charge in [0.1, 0.15) is 29.5 Å². The minimum absolute atomic E-state index is 0.236. The zero-order valence-electron chi connectivity index (χ0n) is 15.7. The van der Waals surface area contributed by atoms with Gasteiger partial charge in [-0.05, 0) is 51.1 Å². The van der Waals surface area contributed by atoms with Gasteiger partial charge in [-0.25, -0.2) is 4.79 Å². The van der Waals surface area contributed by atoms with Gasteiger partial charge in [-0.1, -0.05) is 6.07 Å². The van der Waals surface area contributed by atoms with Crippen LogP contribution in [0.3, 0.4) is 0 Å². The lowest BCUT2D eigenvalue weighted by Gasteiger charge is -2.19. The number of aromatic nitrogens is 1. The van der Waals surface area contributed by atoms with Crippen molar-refractivity contribution >= 4 is 17.8 Å². The maximum Gasteiger partial charge on any atom is 0.408 e. The average Bonchev–Trinajstić information content (AvgIpc) is 2.59. The van der Waals surface area contributed by atoms with Crippen molar-refractivity contribution < 1.29 is 23.8 Å². The second-order valence-electron chi connectivity index (χ2n) is 6.54. The number of nitrogens with zero attached hydrogens (tertiary/aromatic N) is 1. The molecule has 0 saturated carbocycles. The first-order chi connectivity index (χ1) is 12.7. The van der Waals surface area contributed by atoms with Crippen molar-refractivity contribution in [3.8, 4) is 17.4 Å². The highest BCUT2D eigenvalue weighted by molar-refractivity contribution is 5.93. The Labute approximate surface area is 157 Å². The van der Waals surface area contributed by atoms with E-state index in [9.17, 15) is 9.59 Å². The molecule has 0 saturated heterocycles. The summed E-state index contributed by atoms with van der Waals surface area (Å²) in [6.07, 6.45) is -0.665. The summed E-state index contributed by atoms with van der Waals surface area (Å²) in [6, 6.07) is 12.0. The normalized spacial score (nSPS) is 10.7. The number of nitrogens with one attached hydrogen (secondary N) is 2. The molecular formula is C19H23N3O5. The fourth-order valence-corrected chi connectivity index (χ4v) is 1.96. The molecule has 1 aromatic heterocycles. The minimum Gasteiger partial charge on any atom is -0.497 e. The topological polar surface area (TPSA) is 98.8 Å². The van der Waals surface area contributed by atoms with Gasteiger partial charge < -0.3 is 24.8 Å². The van der Waals surface area contributed by atoms with Crippen molar-refractivity contribution in [3.63, 3.8) is 0 Å². The van der Waals surface area contributed by atoms with Gasteiger partial charge in [-0.3, -0.25) is 4.79 Å². The molecule has 8 heteroatoms. The Morgan fingerprint density at radius 1 is 1.04 bits per heavy atom. The van der Waals surface area contributed by atoms with Crippen LogP contribution in [0.4, 0.5) is 10.6 Å². The number of hydrogen-bond donors (Lipinski definition) is 2. The summed E-state index contributed by atoms with van der Waals surface area (Å²) in [5.74, 6) is 1.48. The highest BCUT2D eigenvalue weighted by Crippen LogP contribution is 2.23. The van der Waals surface area contributed by atoms with Crippen molar-refractivity contribution in [1.82, 2.24) is 10.3 Å². The molecule has 0 aliphatic carbocycles. The number of amides is 2. The molecule has 0 unspecified atom stereocenters. The Hall–Kier alpha value is -3.29. The number of carbonyl (C=O) groups is 2. The molecule has 2 aromatic rings. The Morgan fingerprint density at radius 3 is 2.33 bits per heavy atom. The third kappa shape index (κ3) is 7.23. The largest absolute Gasteiger partial charge is 0.497 e. The van der Waals surface area contributed by atoms with Crippen molar-refractivity contribution in [2.75, 3.05) is 19.0 Å². The van der Waals surface area contributed by atoms with E-state index in [2.05, 4.69) is 15.6 Å². The predicted octanol–water partition coefficient (Wildman–Crippen LogP) is 3.35. The zero-order valence-corrected chi connectivity index (χ0v) is 15.7. The fraction of sp³-hybridized carbons (Fsp3) is 0.316. The second kappa shape index (κ2) is 8.88. The van der Waals surface area contributed by atoms with E-state index in [0.717, 1.165) is 0 Å². The fourth-order valence-electron chi connectivity index (χ4n) is 1.96. The number of ether oxygens (including phenoxy) is 3. The number of methoxy groups -OCH3 is 1. The van der Waals surface area contributed by atoms with Gasteiger partial charge in [0.2, 0.25) is 11.8 Å². The summed E-state index contributed by atoms with van der Waals surface area (Å²) in [5.41, 5.74) is -0.630. The van der Waals surface area contributed by atoms with Crippen LogP contribution in [0.2, 0.25) is 0 Å². The number of anilines is 1. The highest BCUT2D eigenvalue weighted by atomic mass is 16.6. The summed E-state index contributed by atoms with van der Waals surface area (Å²) >= 11 is 0. The molecule has 2 rings (SSSR count). The first kappa shape index (κ1) is 20.0. The van der Waals surface area contributed by atoms with E-state index in [1.54, 1.807) is 70.3 Å². The van der Waals surface area contributed by atoms with Crippen LogP contribution >= 0.6 is 0 Å². The highest BCUT2D eigenvalue weighted by Gasteiger charge is 2.16. The molecular weight excluding hydrogens is 350 g/mol. The number of rotatable bonds is 6. The molecule has 0 aliphatic heterocycles. The lowest BCUT2D eigenvalue weighted by atomic mass is 10.2. The van der Waals surface area contributed by atoms with Crippen LogP contribution in [0.1, 0.15) is 20.8 Å². The van der Waals surface area contributed by atoms with Crippen LogP contribution in [-0.2, 0) is 9.53 Å². The van der Waals surface area contributed by atoms with Crippen LogP contribution in [0.5, 0.6) is 17.4 Å². The van der Waals surface area contributed by atoms with E-state index in [-0.39, 0.29) is 6.54 Å². The van der Waals surface area contributed by atoms with Crippen LogP contribution in [0.15, 0.2) is 42.5 Å². The SMILES string of the molecule is COc1ccc(Oc2cccc(NC(=O)CNC(=O)OC(C)(C)C)n2)cc1. The monoisotopic (exact) mass is 373 g/mol. The van der Waals surface area contributed by atoms with Crippen LogP contribution < -0.4 is 20.1 Å². The van der Waals surface area contributed by atoms with Gasteiger partial charge in [0.25, 0.3) is 0 Å². The van der Waals surface area contributed by atoms with Gasteiger partial charge in [-0.2, -0.15) is 4.98 Å². The molecule has 0 spiro atoms. The van der Waals surface area contributed by atoms with Gasteiger partial charge in [-0.15, -0.1) is 0 Å². The molecule has 144 valence electrons. The zero-order chi connectivity index (χ0) is 19.9. The molecule has 1 heterocycles. The molecule has 0 bridgehead atoms. The van der Waals surface area contributed by atoms with E-state index in [1.807, 2.05) is 0 Å². The van der Waals surface area contributed by atoms with E-state index >= 15 is 0 Å². The number of alkyl carbamates (subject to hydrolysis) is 1. The third-order valence-corrected chi connectivity index (χ3v) is 3.07. The molecule has 0 aliphatic rings. The Balaban J connectivity index is 1.88. The number of pyridine rings is 1. The summed E-state index contributed by atoms with van der Waals surface area (Å²) in [4.78, 5) is 27.7. The second-order valence-corrected chi connectivity index (χ2v) is 6.54. The number of carbonyl (C=O) groups excluding carboxylic acids is 2. The summed E-state index contributed by atoms with van der Waals surface area (Å²) in [6.45, 7) is 4.99. The summed E-state index contributed by atoms with van der Waals surface area (Å²) < 4.78 is 15.8. The van der Waals surface area contributed by atoms with E-state index in [4.69, 9.17) is 14.2 Å². The van der Waals surface area contributed by atoms with Crippen molar-refractivity contribution in [1.29, 1.82) is 0 Å². The summed E-state index contributed by atoms with van der Waals surface area (Å²) in [5, 5.41) is 4.96. The van der Waals surface area contributed by atoms with E-state index in [1.165, 1.54) is 0 Å². The number of benzene rings is 1. The molecule has 0 radical (unpaired) electrons. The summed E-state index contributed by atoms with van der Waals surface area (Å²) in [7, 11) is 1.58. The van der Waals surface area contributed by atoms with Crippen LogP contribution in [0, 0.1) is 0 Å². The quantitative estimate of drug-likeness (QED) is 0.806. The lowest BCUT2D eigenvalue weighted by molar-refractivity contribution is -0.115.